The van der Waals surface area contributed by atoms with Crippen LogP contribution in [-0.2, 0) is 0 Å². The third kappa shape index (κ3) is 2.99. The highest BCUT2D eigenvalue weighted by molar-refractivity contribution is 9.10. The Morgan fingerprint density at radius 3 is 2.62 bits per heavy atom. The lowest BCUT2D eigenvalue weighted by Crippen LogP contribution is -1.86. The van der Waals surface area contributed by atoms with Crippen LogP contribution in [0.4, 0.5) is 0 Å². The summed E-state index contributed by atoms with van der Waals surface area (Å²) in [6, 6.07) is 9.69. The minimum absolute atomic E-state index is 0.509. The molecule has 0 N–H and O–H groups in total. The Morgan fingerprint density at radius 2 is 1.90 bits per heavy atom. The Bertz CT molecular complexity index is 817. The van der Waals surface area contributed by atoms with Gasteiger partial charge in [-0.3, -0.25) is 4.98 Å². The number of benzene rings is 1. The minimum Gasteiger partial charge on any atom is -0.251 e. The van der Waals surface area contributed by atoms with E-state index in [2.05, 4.69) is 20.9 Å². The Labute approximate surface area is 144 Å². The highest BCUT2D eigenvalue weighted by Crippen LogP contribution is 2.37. The van der Waals surface area contributed by atoms with E-state index < -0.39 is 0 Å². The minimum atomic E-state index is 0.509. The first-order valence-corrected chi connectivity index (χ1v) is 8.46. The molecule has 0 aliphatic heterocycles. The van der Waals surface area contributed by atoms with Crippen LogP contribution in [0.5, 0.6) is 0 Å². The molecule has 0 saturated heterocycles. The van der Waals surface area contributed by atoms with Crippen LogP contribution in [-0.4, -0.2) is 9.97 Å². The predicted molar refractivity (Wildman–Crippen MR) is 93.2 cm³/mol. The summed E-state index contributed by atoms with van der Waals surface area (Å²) in [6.07, 6.45) is 1.58. The average molecular weight is 400 g/mol. The molecule has 2 heterocycles. The van der Waals surface area contributed by atoms with Crippen molar-refractivity contribution in [2.75, 3.05) is 0 Å². The first-order valence-electron chi connectivity index (χ1n) is 6.10. The number of hydrogen-bond acceptors (Lipinski definition) is 3. The van der Waals surface area contributed by atoms with E-state index in [1.54, 1.807) is 23.6 Å². The molecule has 1 aromatic carbocycles. The van der Waals surface area contributed by atoms with Gasteiger partial charge in [-0.25, -0.2) is 4.98 Å². The van der Waals surface area contributed by atoms with Crippen LogP contribution in [0, 0.1) is 6.92 Å². The summed E-state index contributed by atoms with van der Waals surface area (Å²) in [7, 11) is 0. The second-order valence-corrected chi connectivity index (χ2v) is 7.29. The molecule has 3 rings (SSSR count). The van der Waals surface area contributed by atoms with E-state index in [1.807, 2.05) is 31.2 Å². The van der Waals surface area contributed by atoms with Crippen molar-refractivity contribution in [3.63, 3.8) is 0 Å². The Balaban J connectivity index is 2.12. The first-order chi connectivity index (χ1) is 10.1. The lowest BCUT2D eigenvalue weighted by atomic mass is 10.1. The molecule has 3 aromatic rings. The number of thiazole rings is 1. The van der Waals surface area contributed by atoms with Gasteiger partial charge < -0.3 is 0 Å². The molecule has 0 radical (unpaired) electrons. The number of hydrogen-bond donors (Lipinski definition) is 0. The lowest BCUT2D eigenvalue weighted by molar-refractivity contribution is 1.28. The van der Waals surface area contributed by atoms with Crippen molar-refractivity contribution in [1.29, 1.82) is 0 Å². The van der Waals surface area contributed by atoms with E-state index >= 15 is 0 Å². The fraction of sp³-hybridized carbons (Fsp3) is 0.0667. The fourth-order valence-electron chi connectivity index (χ4n) is 1.97. The van der Waals surface area contributed by atoms with Gasteiger partial charge in [0, 0.05) is 21.1 Å². The van der Waals surface area contributed by atoms with E-state index in [9.17, 15) is 0 Å². The normalized spacial score (nSPS) is 10.9. The second-order valence-electron chi connectivity index (χ2n) is 4.39. The second kappa shape index (κ2) is 6.05. The van der Waals surface area contributed by atoms with Gasteiger partial charge in [0.05, 0.1) is 15.7 Å². The van der Waals surface area contributed by atoms with Crippen LogP contribution in [0.3, 0.4) is 0 Å². The van der Waals surface area contributed by atoms with E-state index in [1.165, 1.54) is 0 Å². The molecule has 0 atom stereocenters. The molecule has 6 heteroatoms. The van der Waals surface area contributed by atoms with Crippen LogP contribution in [0.1, 0.15) is 4.88 Å². The van der Waals surface area contributed by atoms with Gasteiger partial charge in [-0.1, -0.05) is 57.3 Å². The summed E-state index contributed by atoms with van der Waals surface area (Å²) in [6.45, 7) is 2.04. The number of aryl methyl sites for hydroxylation is 1. The molecular weight excluding hydrogens is 391 g/mol. The Hall–Kier alpha value is -0.940. The summed E-state index contributed by atoms with van der Waals surface area (Å²) in [5.41, 5.74) is 2.66. The van der Waals surface area contributed by atoms with E-state index in [-0.39, 0.29) is 0 Å². The molecule has 2 nitrogen and oxygen atoms in total. The van der Waals surface area contributed by atoms with Gasteiger partial charge in [0.1, 0.15) is 10.7 Å². The highest BCUT2D eigenvalue weighted by atomic mass is 79.9. The molecule has 0 aliphatic rings. The van der Waals surface area contributed by atoms with E-state index in [4.69, 9.17) is 28.2 Å². The van der Waals surface area contributed by atoms with Crippen molar-refractivity contribution in [1.82, 2.24) is 9.97 Å². The van der Waals surface area contributed by atoms with Crippen LogP contribution in [0.2, 0.25) is 10.0 Å². The Kier molecular flexibility index (Phi) is 4.31. The number of aromatic nitrogens is 2. The van der Waals surface area contributed by atoms with Crippen LogP contribution >= 0.6 is 50.5 Å². The maximum Gasteiger partial charge on any atom is 0.144 e. The molecule has 0 bridgehead atoms. The van der Waals surface area contributed by atoms with Crippen LogP contribution in [0.25, 0.3) is 22.0 Å². The maximum absolute atomic E-state index is 6.21. The number of pyridine rings is 1. The number of nitrogens with zero attached hydrogens (tertiary/aromatic N) is 2. The quantitative estimate of drug-likeness (QED) is 0.508. The first kappa shape index (κ1) is 15.0. The molecule has 0 spiro atoms. The zero-order chi connectivity index (χ0) is 15.0. The molecule has 0 aliphatic carbocycles. The SMILES string of the molecule is Cc1sc(-c2ncc(Cl)cc2Cl)nc1-c1ccccc1Br. The largest absolute Gasteiger partial charge is 0.251 e. The van der Waals surface area contributed by atoms with Crippen molar-refractivity contribution >= 4 is 50.5 Å². The molecule has 21 heavy (non-hydrogen) atoms. The summed E-state index contributed by atoms with van der Waals surface area (Å²) in [4.78, 5) is 10.1. The average Bonchev–Trinajstić information content (AvgIpc) is 2.81. The van der Waals surface area contributed by atoms with Gasteiger partial charge in [0.25, 0.3) is 0 Å². The van der Waals surface area contributed by atoms with Gasteiger partial charge in [-0.2, -0.15) is 0 Å². The van der Waals surface area contributed by atoms with Crippen molar-refractivity contribution in [3.05, 3.63) is 55.9 Å². The molecule has 0 amide bonds. The molecule has 106 valence electrons. The van der Waals surface area contributed by atoms with Crippen molar-refractivity contribution in [3.8, 4) is 22.0 Å². The third-order valence-corrected chi connectivity index (χ3v) is 5.10. The number of rotatable bonds is 2. The zero-order valence-electron chi connectivity index (χ0n) is 10.9. The van der Waals surface area contributed by atoms with Crippen molar-refractivity contribution in [2.45, 2.75) is 6.92 Å². The predicted octanol–water partition coefficient (Wildman–Crippen LogP) is 6.25. The van der Waals surface area contributed by atoms with E-state index in [0.29, 0.717) is 15.7 Å². The topological polar surface area (TPSA) is 25.8 Å². The van der Waals surface area contributed by atoms with Gasteiger partial charge in [-0.15, -0.1) is 11.3 Å². The number of halogens is 3. The standard InChI is InChI=1S/C15H9BrCl2N2S/c1-8-13(10-4-2-3-5-11(10)16)20-15(21-8)14-12(18)6-9(17)7-19-14/h2-7H,1H3. The van der Waals surface area contributed by atoms with E-state index in [0.717, 1.165) is 25.6 Å². The summed E-state index contributed by atoms with van der Waals surface area (Å²) < 4.78 is 1.01. The molecular formula is C15H9BrCl2N2S. The monoisotopic (exact) mass is 398 g/mol. The smallest absolute Gasteiger partial charge is 0.144 e. The summed E-state index contributed by atoms with van der Waals surface area (Å²) >= 11 is 17.2. The van der Waals surface area contributed by atoms with Crippen LogP contribution in [0.15, 0.2) is 41.0 Å². The Morgan fingerprint density at radius 1 is 1.14 bits per heavy atom. The third-order valence-electron chi connectivity index (χ3n) is 2.94. The zero-order valence-corrected chi connectivity index (χ0v) is 14.8. The van der Waals surface area contributed by atoms with Gasteiger partial charge in [-0.05, 0) is 19.1 Å². The van der Waals surface area contributed by atoms with Crippen molar-refractivity contribution < 1.29 is 0 Å². The molecule has 0 unspecified atom stereocenters. The molecule has 2 aromatic heterocycles. The summed E-state index contributed by atoms with van der Waals surface area (Å²) in [5.74, 6) is 0. The van der Waals surface area contributed by atoms with Gasteiger partial charge >= 0.3 is 0 Å². The van der Waals surface area contributed by atoms with Gasteiger partial charge in [0.15, 0.2) is 0 Å². The fourth-order valence-corrected chi connectivity index (χ4v) is 3.91. The summed E-state index contributed by atoms with van der Waals surface area (Å²) in [5, 5.41) is 1.82. The lowest BCUT2D eigenvalue weighted by Gasteiger charge is -2.01. The highest BCUT2D eigenvalue weighted by Gasteiger charge is 2.16. The van der Waals surface area contributed by atoms with Gasteiger partial charge in [0.2, 0.25) is 0 Å². The molecule has 0 fully saturated rings. The maximum atomic E-state index is 6.21. The van der Waals surface area contributed by atoms with Crippen LogP contribution < -0.4 is 0 Å². The van der Waals surface area contributed by atoms with Crippen molar-refractivity contribution in [2.24, 2.45) is 0 Å². The molecule has 0 saturated carbocycles.